The SMILES string of the molecule is C=C(CC(C)(C)c1ccc(C(C)=O)cc1)c1ccc(C(C)=O)cc1. The molecule has 0 fully saturated rings. The maximum Gasteiger partial charge on any atom is 0.159 e. The lowest BCUT2D eigenvalue weighted by atomic mass is 9.77. The van der Waals surface area contributed by atoms with Gasteiger partial charge in [-0.25, -0.2) is 0 Å². The molecule has 0 atom stereocenters. The van der Waals surface area contributed by atoms with E-state index in [0.29, 0.717) is 5.56 Å². The van der Waals surface area contributed by atoms with Gasteiger partial charge in [0, 0.05) is 11.1 Å². The van der Waals surface area contributed by atoms with Crippen LogP contribution < -0.4 is 0 Å². The van der Waals surface area contributed by atoms with Crippen LogP contribution in [0.4, 0.5) is 0 Å². The predicted molar refractivity (Wildman–Crippen MR) is 99.6 cm³/mol. The van der Waals surface area contributed by atoms with Crippen LogP contribution in [0.15, 0.2) is 55.1 Å². The van der Waals surface area contributed by atoms with Gasteiger partial charge in [0.1, 0.15) is 0 Å². The van der Waals surface area contributed by atoms with E-state index in [-0.39, 0.29) is 17.0 Å². The van der Waals surface area contributed by atoms with Crippen molar-refractivity contribution in [3.63, 3.8) is 0 Å². The summed E-state index contributed by atoms with van der Waals surface area (Å²) in [7, 11) is 0. The van der Waals surface area contributed by atoms with Gasteiger partial charge in [-0.3, -0.25) is 9.59 Å². The molecule has 0 aliphatic carbocycles. The summed E-state index contributed by atoms with van der Waals surface area (Å²) < 4.78 is 0. The van der Waals surface area contributed by atoms with E-state index in [4.69, 9.17) is 0 Å². The zero-order chi connectivity index (χ0) is 17.9. The van der Waals surface area contributed by atoms with Crippen molar-refractivity contribution in [1.29, 1.82) is 0 Å². The molecule has 0 bridgehead atoms. The first-order valence-electron chi connectivity index (χ1n) is 8.11. The highest BCUT2D eigenvalue weighted by Crippen LogP contribution is 2.33. The Morgan fingerprint density at radius 2 is 1.17 bits per heavy atom. The average Bonchev–Trinajstić information content (AvgIpc) is 2.54. The van der Waals surface area contributed by atoms with Crippen molar-refractivity contribution in [2.75, 3.05) is 0 Å². The van der Waals surface area contributed by atoms with Gasteiger partial charge in [-0.2, -0.15) is 0 Å². The van der Waals surface area contributed by atoms with E-state index in [9.17, 15) is 9.59 Å². The van der Waals surface area contributed by atoms with Crippen molar-refractivity contribution in [2.24, 2.45) is 0 Å². The number of carbonyl (C=O) groups excluding carboxylic acids is 2. The molecule has 0 N–H and O–H groups in total. The van der Waals surface area contributed by atoms with Gasteiger partial charge in [-0.15, -0.1) is 0 Å². The third-order valence-electron chi connectivity index (χ3n) is 4.43. The summed E-state index contributed by atoms with van der Waals surface area (Å²) in [6.07, 6.45) is 0.797. The summed E-state index contributed by atoms with van der Waals surface area (Å²) in [5, 5.41) is 0. The second-order valence-electron chi connectivity index (χ2n) is 6.93. The van der Waals surface area contributed by atoms with Crippen molar-refractivity contribution < 1.29 is 9.59 Å². The topological polar surface area (TPSA) is 34.1 Å². The quantitative estimate of drug-likeness (QED) is 0.661. The van der Waals surface area contributed by atoms with Gasteiger partial charge in [-0.1, -0.05) is 69.0 Å². The molecule has 2 aromatic carbocycles. The standard InChI is InChI=1S/C22H24O2/c1-15(18-6-8-19(9-7-18)16(2)23)14-22(4,5)21-12-10-20(11-13-21)17(3)24/h6-13H,1,14H2,2-5H3. The Morgan fingerprint density at radius 3 is 1.58 bits per heavy atom. The molecule has 0 radical (unpaired) electrons. The number of Topliss-reactive ketones (excluding diaryl/α,β-unsaturated/α-hetero) is 2. The minimum Gasteiger partial charge on any atom is -0.295 e. The zero-order valence-corrected chi connectivity index (χ0v) is 14.8. The fourth-order valence-corrected chi connectivity index (χ4v) is 2.83. The summed E-state index contributed by atoms with van der Waals surface area (Å²) in [4.78, 5) is 22.8. The summed E-state index contributed by atoms with van der Waals surface area (Å²) in [5.74, 6) is 0.146. The van der Waals surface area contributed by atoms with Crippen LogP contribution in [-0.4, -0.2) is 11.6 Å². The van der Waals surface area contributed by atoms with E-state index in [1.807, 2.05) is 48.5 Å². The maximum atomic E-state index is 11.4. The van der Waals surface area contributed by atoms with E-state index in [1.54, 1.807) is 13.8 Å². The molecule has 0 unspecified atom stereocenters. The number of carbonyl (C=O) groups is 2. The molecule has 0 amide bonds. The molecule has 2 rings (SSSR count). The van der Waals surface area contributed by atoms with E-state index in [0.717, 1.165) is 23.1 Å². The first-order valence-corrected chi connectivity index (χ1v) is 8.11. The Bertz CT molecular complexity index is 763. The van der Waals surface area contributed by atoms with Crippen LogP contribution in [0.5, 0.6) is 0 Å². The summed E-state index contributed by atoms with van der Waals surface area (Å²) >= 11 is 0. The monoisotopic (exact) mass is 320 g/mol. The molecular formula is C22H24O2. The Balaban J connectivity index is 2.16. The summed E-state index contributed by atoms with van der Waals surface area (Å²) in [6, 6.07) is 15.4. The number of hydrogen-bond donors (Lipinski definition) is 0. The highest BCUT2D eigenvalue weighted by atomic mass is 16.1. The normalized spacial score (nSPS) is 11.2. The van der Waals surface area contributed by atoms with Gasteiger partial charge >= 0.3 is 0 Å². The van der Waals surface area contributed by atoms with Crippen LogP contribution in [-0.2, 0) is 5.41 Å². The number of rotatable bonds is 6. The van der Waals surface area contributed by atoms with Gasteiger partial charge in [0.2, 0.25) is 0 Å². The largest absolute Gasteiger partial charge is 0.295 e. The second-order valence-corrected chi connectivity index (χ2v) is 6.93. The minimum absolute atomic E-state index is 0.0676. The van der Waals surface area contributed by atoms with Gasteiger partial charge < -0.3 is 0 Å². The van der Waals surface area contributed by atoms with E-state index >= 15 is 0 Å². The second kappa shape index (κ2) is 6.96. The molecule has 0 aliphatic heterocycles. The molecule has 0 aliphatic rings. The van der Waals surface area contributed by atoms with Crippen LogP contribution in [0, 0.1) is 0 Å². The predicted octanol–water partition coefficient (Wildman–Crippen LogP) is 5.47. The van der Waals surface area contributed by atoms with Crippen LogP contribution in [0.3, 0.4) is 0 Å². The van der Waals surface area contributed by atoms with Crippen molar-refractivity contribution in [3.8, 4) is 0 Å². The average molecular weight is 320 g/mol. The summed E-state index contributed by atoms with van der Waals surface area (Å²) in [6.45, 7) is 11.7. The molecule has 0 saturated heterocycles. The van der Waals surface area contributed by atoms with Crippen LogP contribution in [0.2, 0.25) is 0 Å². The minimum atomic E-state index is -0.0916. The molecule has 0 heterocycles. The molecule has 2 nitrogen and oxygen atoms in total. The Hall–Kier alpha value is -2.48. The number of ketones is 2. The van der Waals surface area contributed by atoms with Crippen molar-refractivity contribution >= 4 is 17.1 Å². The molecule has 0 saturated carbocycles. The van der Waals surface area contributed by atoms with Crippen molar-refractivity contribution in [2.45, 2.75) is 39.5 Å². The summed E-state index contributed by atoms with van der Waals surface area (Å²) in [5.41, 5.74) is 4.61. The first-order chi connectivity index (χ1) is 11.2. The van der Waals surface area contributed by atoms with Gasteiger partial charge in [0.25, 0.3) is 0 Å². The van der Waals surface area contributed by atoms with E-state index in [2.05, 4.69) is 20.4 Å². The molecule has 0 spiro atoms. The maximum absolute atomic E-state index is 11.4. The van der Waals surface area contributed by atoms with Crippen LogP contribution in [0.25, 0.3) is 5.57 Å². The highest BCUT2D eigenvalue weighted by molar-refractivity contribution is 5.94. The Kier molecular flexibility index (Phi) is 5.18. The first kappa shape index (κ1) is 17.9. The lowest BCUT2D eigenvalue weighted by Gasteiger charge is -2.27. The Labute approximate surface area is 144 Å². The van der Waals surface area contributed by atoms with Gasteiger partial charge in [0.15, 0.2) is 11.6 Å². The molecule has 124 valence electrons. The van der Waals surface area contributed by atoms with Crippen molar-refractivity contribution in [1.82, 2.24) is 0 Å². The lowest BCUT2D eigenvalue weighted by Crippen LogP contribution is -2.17. The number of benzene rings is 2. The fraction of sp³-hybridized carbons (Fsp3) is 0.273. The molecule has 0 aromatic heterocycles. The van der Waals surface area contributed by atoms with Crippen molar-refractivity contribution in [3.05, 3.63) is 77.4 Å². The van der Waals surface area contributed by atoms with Crippen LogP contribution >= 0.6 is 0 Å². The fourth-order valence-electron chi connectivity index (χ4n) is 2.83. The lowest BCUT2D eigenvalue weighted by molar-refractivity contribution is 0.100. The third-order valence-corrected chi connectivity index (χ3v) is 4.43. The van der Waals surface area contributed by atoms with Gasteiger partial charge in [0.05, 0.1) is 0 Å². The van der Waals surface area contributed by atoms with E-state index < -0.39 is 0 Å². The molecule has 2 aromatic rings. The number of hydrogen-bond acceptors (Lipinski definition) is 2. The van der Waals surface area contributed by atoms with E-state index in [1.165, 1.54) is 5.56 Å². The van der Waals surface area contributed by atoms with Crippen LogP contribution in [0.1, 0.15) is 66.0 Å². The smallest absolute Gasteiger partial charge is 0.159 e. The molecular weight excluding hydrogens is 296 g/mol. The number of allylic oxidation sites excluding steroid dienone is 1. The molecule has 2 heteroatoms. The van der Waals surface area contributed by atoms with Gasteiger partial charge in [-0.05, 0) is 42.4 Å². The Morgan fingerprint density at radius 1 is 0.792 bits per heavy atom. The molecule has 24 heavy (non-hydrogen) atoms. The zero-order valence-electron chi connectivity index (χ0n) is 14.8. The highest BCUT2D eigenvalue weighted by Gasteiger charge is 2.22. The third kappa shape index (κ3) is 4.08.